The van der Waals surface area contributed by atoms with Crippen molar-refractivity contribution in [3.8, 4) is 0 Å². The van der Waals surface area contributed by atoms with Crippen LogP contribution >= 0.6 is 27.7 Å². The SMILES string of the molecule is O=C(OCC1CSC(CCCn2ccnc2)(c2ccc(Br)cc2)O1)c1ccccc1. The van der Waals surface area contributed by atoms with Crippen LogP contribution in [-0.4, -0.2) is 34.0 Å². The average molecular weight is 487 g/mol. The second-order valence-electron chi connectivity index (χ2n) is 7.18. The van der Waals surface area contributed by atoms with Gasteiger partial charge >= 0.3 is 5.97 Å². The molecule has 0 amide bonds. The van der Waals surface area contributed by atoms with Gasteiger partial charge in [-0.1, -0.05) is 46.3 Å². The summed E-state index contributed by atoms with van der Waals surface area (Å²) in [5, 5.41) is 0. The van der Waals surface area contributed by atoms with Crippen LogP contribution in [0.4, 0.5) is 0 Å². The Hall–Kier alpha value is -2.09. The van der Waals surface area contributed by atoms with E-state index in [0.717, 1.165) is 35.2 Å². The molecule has 0 spiro atoms. The number of rotatable bonds is 8. The molecule has 1 aliphatic rings. The van der Waals surface area contributed by atoms with E-state index >= 15 is 0 Å². The summed E-state index contributed by atoms with van der Waals surface area (Å²) in [7, 11) is 0. The van der Waals surface area contributed by atoms with Gasteiger partial charge in [0, 0.05) is 29.2 Å². The van der Waals surface area contributed by atoms with Crippen molar-refractivity contribution in [3.05, 3.63) is 88.9 Å². The van der Waals surface area contributed by atoms with Gasteiger partial charge in [0.2, 0.25) is 0 Å². The van der Waals surface area contributed by atoms with Gasteiger partial charge in [-0.3, -0.25) is 0 Å². The Labute approximate surface area is 188 Å². The van der Waals surface area contributed by atoms with Crippen LogP contribution in [0.15, 0.2) is 77.8 Å². The molecule has 2 heterocycles. The lowest BCUT2D eigenvalue weighted by Gasteiger charge is -2.29. The van der Waals surface area contributed by atoms with Crippen LogP contribution in [0.2, 0.25) is 0 Å². The van der Waals surface area contributed by atoms with E-state index in [9.17, 15) is 4.79 Å². The number of halogens is 1. The lowest BCUT2D eigenvalue weighted by atomic mass is 10.0. The number of benzene rings is 2. The van der Waals surface area contributed by atoms with Crippen LogP contribution in [0.25, 0.3) is 0 Å². The molecular formula is C23H23BrN2O3S. The quantitative estimate of drug-likeness (QED) is 0.406. The van der Waals surface area contributed by atoms with Crippen LogP contribution in [-0.2, 0) is 21.0 Å². The summed E-state index contributed by atoms with van der Waals surface area (Å²) in [5.41, 5.74) is 1.70. The van der Waals surface area contributed by atoms with Gasteiger partial charge < -0.3 is 14.0 Å². The first-order valence-corrected chi connectivity index (χ1v) is 11.7. The summed E-state index contributed by atoms with van der Waals surface area (Å²) in [6, 6.07) is 17.3. The van der Waals surface area contributed by atoms with E-state index in [4.69, 9.17) is 9.47 Å². The normalized spacial score (nSPS) is 20.9. The molecule has 2 atom stereocenters. The van der Waals surface area contributed by atoms with Crippen molar-refractivity contribution in [3.63, 3.8) is 0 Å². The summed E-state index contributed by atoms with van der Waals surface area (Å²) in [4.78, 5) is 15.9. The molecule has 7 heteroatoms. The van der Waals surface area contributed by atoms with Crippen LogP contribution in [0.3, 0.4) is 0 Å². The van der Waals surface area contributed by atoms with E-state index in [1.807, 2.05) is 42.9 Å². The van der Waals surface area contributed by atoms with Crippen LogP contribution in [0.1, 0.15) is 28.8 Å². The maximum absolute atomic E-state index is 12.3. The monoisotopic (exact) mass is 486 g/mol. The van der Waals surface area contributed by atoms with Gasteiger partial charge in [-0.25, -0.2) is 9.78 Å². The van der Waals surface area contributed by atoms with Gasteiger partial charge in [-0.05, 0) is 42.7 Å². The minimum atomic E-state index is -0.439. The van der Waals surface area contributed by atoms with E-state index in [0.29, 0.717) is 5.56 Å². The van der Waals surface area contributed by atoms with E-state index in [2.05, 4.69) is 37.6 Å². The Bertz CT molecular complexity index is 950. The highest BCUT2D eigenvalue weighted by Gasteiger charge is 2.42. The van der Waals surface area contributed by atoms with Crippen LogP contribution < -0.4 is 0 Å². The van der Waals surface area contributed by atoms with Crippen LogP contribution in [0.5, 0.6) is 0 Å². The van der Waals surface area contributed by atoms with E-state index in [1.54, 1.807) is 30.1 Å². The Balaban J connectivity index is 1.41. The Kier molecular flexibility index (Phi) is 6.92. The number of ether oxygens (including phenoxy) is 2. The third-order valence-corrected chi connectivity index (χ3v) is 7.10. The van der Waals surface area contributed by atoms with E-state index < -0.39 is 4.93 Å². The molecule has 1 aliphatic heterocycles. The number of hydrogen-bond acceptors (Lipinski definition) is 5. The molecule has 0 aliphatic carbocycles. The number of esters is 1. The molecule has 156 valence electrons. The van der Waals surface area contributed by atoms with Crippen molar-refractivity contribution in [1.29, 1.82) is 0 Å². The molecule has 1 aromatic heterocycles. The molecule has 2 aromatic carbocycles. The van der Waals surface area contributed by atoms with Crippen molar-refractivity contribution in [2.75, 3.05) is 12.4 Å². The number of aryl methyl sites for hydroxylation is 1. The number of carbonyl (C=O) groups excluding carboxylic acids is 1. The highest BCUT2D eigenvalue weighted by Crippen LogP contribution is 2.48. The molecule has 0 bridgehead atoms. The molecule has 1 fully saturated rings. The summed E-state index contributed by atoms with van der Waals surface area (Å²) < 4.78 is 15.2. The molecule has 30 heavy (non-hydrogen) atoms. The fourth-order valence-electron chi connectivity index (χ4n) is 3.52. The number of imidazole rings is 1. The number of thioether (sulfide) groups is 1. The fourth-order valence-corrected chi connectivity index (χ4v) is 5.20. The van der Waals surface area contributed by atoms with Crippen molar-refractivity contribution >= 4 is 33.7 Å². The number of aromatic nitrogens is 2. The highest BCUT2D eigenvalue weighted by molar-refractivity contribution is 9.10. The molecule has 2 unspecified atom stereocenters. The van der Waals surface area contributed by atoms with Gasteiger partial charge in [-0.2, -0.15) is 0 Å². The average Bonchev–Trinajstić information content (AvgIpc) is 3.44. The first-order valence-electron chi connectivity index (χ1n) is 9.90. The zero-order chi connectivity index (χ0) is 20.8. The van der Waals surface area contributed by atoms with Crippen molar-refractivity contribution in [2.45, 2.75) is 30.4 Å². The van der Waals surface area contributed by atoms with Crippen molar-refractivity contribution in [2.24, 2.45) is 0 Å². The topological polar surface area (TPSA) is 53.4 Å². The van der Waals surface area contributed by atoms with Gasteiger partial charge in [0.15, 0.2) is 0 Å². The van der Waals surface area contributed by atoms with E-state index in [-0.39, 0.29) is 18.7 Å². The summed E-state index contributed by atoms with van der Waals surface area (Å²) in [5.74, 6) is 0.467. The Morgan fingerprint density at radius 2 is 2.03 bits per heavy atom. The third kappa shape index (κ3) is 5.14. The predicted molar refractivity (Wildman–Crippen MR) is 121 cm³/mol. The minimum absolute atomic E-state index is 0.139. The maximum atomic E-state index is 12.3. The molecule has 4 rings (SSSR count). The number of carbonyl (C=O) groups is 1. The lowest BCUT2D eigenvalue weighted by Crippen LogP contribution is -2.28. The fraction of sp³-hybridized carbons (Fsp3) is 0.304. The third-order valence-electron chi connectivity index (χ3n) is 5.03. The molecule has 3 aromatic rings. The second-order valence-corrected chi connectivity index (χ2v) is 9.38. The molecule has 0 saturated carbocycles. The molecule has 1 saturated heterocycles. The zero-order valence-electron chi connectivity index (χ0n) is 16.4. The maximum Gasteiger partial charge on any atom is 0.338 e. The highest BCUT2D eigenvalue weighted by atomic mass is 79.9. The smallest absolute Gasteiger partial charge is 0.338 e. The first-order chi connectivity index (χ1) is 14.6. The number of hydrogen-bond donors (Lipinski definition) is 0. The Morgan fingerprint density at radius 3 is 2.77 bits per heavy atom. The van der Waals surface area contributed by atoms with Crippen molar-refractivity contribution < 1.29 is 14.3 Å². The molecule has 0 radical (unpaired) electrons. The summed E-state index contributed by atoms with van der Waals surface area (Å²) >= 11 is 5.30. The van der Waals surface area contributed by atoms with Gasteiger partial charge in [0.25, 0.3) is 0 Å². The zero-order valence-corrected chi connectivity index (χ0v) is 18.8. The lowest BCUT2D eigenvalue weighted by molar-refractivity contribution is -0.0473. The van der Waals surface area contributed by atoms with Crippen LogP contribution in [0, 0.1) is 0 Å². The van der Waals surface area contributed by atoms with Gasteiger partial charge in [0.05, 0.1) is 11.9 Å². The Morgan fingerprint density at radius 1 is 1.23 bits per heavy atom. The van der Waals surface area contributed by atoms with Crippen molar-refractivity contribution in [1.82, 2.24) is 9.55 Å². The minimum Gasteiger partial charge on any atom is -0.459 e. The number of nitrogens with zero attached hydrogens (tertiary/aromatic N) is 2. The first kappa shape index (κ1) is 21.2. The van der Waals surface area contributed by atoms with Gasteiger partial charge in [0.1, 0.15) is 17.6 Å². The standard InChI is InChI=1S/C23H23BrN2O3S/c24-20-9-7-19(8-10-20)23(11-4-13-26-14-12-25-17-26)29-21(16-30-23)15-28-22(27)18-5-2-1-3-6-18/h1-3,5-10,12,14,17,21H,4,11,13,15-16H2. The second kappa shape index (κ2) is 9.81. The largest absolute Gasteiger partial charge is 0.459 e. The van der Waals surface area contributed by atoms with E-state index in [1.165, 1.54) is 0 Å². The molecule has 5 nitrogen and oxygen atoms in total. The molecular weight excluding hydrogens is 464 g/mol. The summed E-state index contributed by atoms with van der Waals surface area (Å²) in [6.07, 6.45) is 7.28. The predicted octanol–water partition coefficient (Wildman–Crippen LogP) is 5.27. The van der Waals surface area contributed by atoms with Gasteiger partial charge in [-0.15, -0.1) is 11.8 Å². The molecule has 0 N–H and O–H groups in total. The summed E-state index contributed by atoms with van der Waals surface area (Å²) in [6.45, 7) is 1.14.